The summed E-state index contributed by atoms with van der Waals surface area (Å²) in [4.78, 5) is 36.4. The number of hydrogen-bond donors (Lipinski definition) is 2. The van der Waals surface area contributed by atoms with Gasteiger partial charge in [-0.05, 0) is 40.8 Å². The Morgan fingerprint density at radius 1 is 1.35 bits per heavy atom. The van der Waals surface area contributed by atoms with Gasteiger partial charge in [0.25, 0.3) is 5.69 Å². The van der Waals surface area contributed by atoms with Crippen LogP contribution < -0.4 is 15.4 Å². The van der Waals surface area contributed by atoms with Gasteiger partial charge >= 0.3 is 0 Å². The summed E-state index contributed by atoms with van der Waals surface area (Å²) in [6, 6.07) is 3.31. The first kappa shape index (κ1) is 21.4. The zero-order valence-corrected chi connectivity index (χ0v) is 16.0. The molecule has 2 amide bonds. The van der Waals surface area contributed by atoms with E-state index in [0.717, 1.165) is 0 Å². The molecule has 0 saturated carbocycles. The van der Waals surface area contributed by atoms with Crippen molar-refractivity contribution >= 4 is 23.2 Å². The van der Waals surface area contributed by atoms with Crippen molar-refractivity contribution < 1.29 is 19.2 Å². The number of nitro groups is 1. The fourth-order valence-corrected chi connectivity index (χ4v) is 2.17. The molecule has 2 N–H and O–H groups in total. The molecule has 0 saturated heterocycles. The van der Waals surface area contributed by atoms with E-state index in [0.29, 0.717) is 5.75 Å². The van der Waals surface area contributed by atoms with Gasteiger partial charge in [0.15, 0.2) is 0 Å². The minimum Gasteiger partial charge on any atom is -0.495 e. The Bertz CT molecular complexity index is 684. The molecule has 1 aromatic carbocycles. The average molecular weight is 366 g/mol. The van der Waals surface area contributed by atoms with E-state index in [1.165, 1.54) is 25.3 Å². The standard InChI is InChI=1S/C17H26N4O5/c1-11(20(5)10-15(22)19-17(2,3)4)16(23)18-13-9-12(21(24)25)7-8-14(13)26-6/h7-9,11H,10H2,1-6H3,(H,18,23)(H,19,22)/t11-/m1/s1. The van der Waals surface area contributed by atoms with Gasteiger partial charge in [0, 0.05) is 17.7 Å². The van der Waals surface area contributed by atoms with E-state index in [4.69, 9.17) is 4.74 Å². The Balaban J connectivity index is 2.82. The lowest BCUT2D eigenvalue weighted by molar-refractivity contribution is -0.384. The van der Waals surface area contributed by atoms with E-state index in [2.05, 4.69) is 10.6 Å². The van der Waals surface area contributed by atoms with Gasteiger partial charge in [0.2, 0.25) is 11.8 Å². The Morgan fingerprint density at radius 3 is 2.46 bits per heavy atom. The molecule has 26 heavy (non-hydrogen) atoms. The van der Waals surface area contributed by atoms with Gasteiger partial charge in [-0.15, -0.1) is 0 Å². The van der Waals surface area contributed by atoms with E-state index < -0.39 is 16.9 Å². The van der Waals surface area contributed by atoms with E-state index in [1.54, 1.807) is 18.9 Å². The average Bonchev–Trinajstić information content (AvgIpc) is 2.51. The molecule has 0 fully saturated rings. The second-order valence-corrected chi connectivity index (χ2v) is 7.02. The van der Waals surface area contributed by atoms with Gasteiger partial charge in [-0.2, -0.15) is 0 Å². The van der Waals surface area contributed by atoms with Crippen molar-refractivity contribution in [3.05, 3.63) is 28.3 Å². The Morgan fingerprint density at radius 2 is 1.96 bits per heavy atom. The predicted octanol–water partition coefficient (Wildman–Crippen LogP) is 1.78. The number of likely N-dealkylation sites (N-methyl/N-ethyl adjacent to an activating group) is 1. The van der Waals surface area contributed by atoms with Crippen molar-refractivity contribution in [3.8, 4) is 5.75 Å². The van der Waals surface area contributed by atoms with Gasteiger partial charge in [-0.1, -0.05) is 0 Å². The van der Waals surface area contributed by atoms with E-state index in [-0.39, 0.29) is 29.4 Å². The summed E-state index contributed by atoms with van der Waals surface area (Å²) in [6.45, 7) is 7.29. The van der Waals surface area contributed by atoms with Crippen molar-refractivity contribution in [1.82, 2.24) is 10.2 Å². The molecule has 1 rings (SSSR count). The number of non-ortho nitro benzene ring substituents is 1. The first-order valence-corrected chi connectivity index (χ1v) is 8.09. The number of carbonyl (C=O) groups is 2. The molecule has 0 aromatic heterocycles. The van der Waals surface area contributed by atoms with E-state index in [1.807, 2.05) is 20.8 Å². The van der Waals surface area contributed by atoms with Crippen molar-refractivity contribution in [2.24, 2.45) is 0 Å². The lowest BCUT2D eigenvalue weighted by atomic mass is 10.1. The highest BCUT2D eigenvalue weighted by Crippen LogP contribution is 2.29. The molecule has 9 heteroatoms. The van der Waals surface area contributed by atoms with Crippen LogP contribution in [0.1, 0.15) is 27.7 Å². The topological polar surface area (TPSA) is 114 Å². The molecule has 1 atom stereocenters. The van der Waals surface area contributed by atoms with E-state index in [9.17, 15) is 19.7 Å². The van der Waals surface area contributed by atoms with Crippen molar-refractivity contribution in [3.63, 3.8) is 0 Å². The summed E-state index contributed by atoms with van der Waals surface area (Å²) < 4.78 is 5.13. The number of rotatable bonds is 7. The van der Waals surface area contributed by atoms with Gasteiger partial charge < -0.3 is 15.4 Å². The van der Waals surface area contributed by atoms with Crippen LogP contribution in [0.3, 0.4) is 0 Å². The number of ether oxygens (including phenoxy) is 1. The van der Waals surface area contributed by atoms with Crippen LogP contribution in [0, 0.1) is 10.1 Å². The minimum atomic E-state index is -0.635. The zero-order valence-electron chi connectivity index (χ0n) is 16.0. The highest BCUT2D eigenvalue weighted by molar-refractivity contribution is 5.96. The maximum absolute atomic E-state index is 12.5. The van der Waals surface area contributed by atoms with Crippen LogP contribution in [-0.4, -0.2) is 53.9 Å². The van der Waals surface area contributed by atoms with Gasteiger partial charge in [-0.25, -0.2) is 0 Å². The third kappa shape index (κ3) is 6.32. The third-order valence-electron chi connectivity index (χ3n) is 3.60. The van der Waals surface area contributed by atoms with Crippen LogP contribution >= 0.6 is 0 Å². The van der Waals surface area contributed by atoms with Crippen LogP contribution in [0.2, 0.25) is 0 Å². The molecular formula is C17H26N4O5. The maximum atomic E-state index is 12.5. The number of anilines is 1. The molecule has 0 spiro atoms. The van der Waals surface area contributed by atoms with Crippen molar-refractivity contribution in [2.75, 3.05) is 26.0 Å². The number of methoxy groups -OCH3 is 1. The molecule has 0 unspecified atom stereocenters. The molecule has 0 aliphatic carbocycles. The van der Waals surface area contributed by atoms with Crippen LogP contribution in [0.15, 0.2) is 18.2 Å². The Hall–Kier alpha value is -2.68. The molecule has 144 valence electrons. The number of hydrogen-bond acceptors (Lipinski definition) is 6. The monoisotopic (exact) mass is 366 g/mol. The number of nitrogens with one attached hydrogen (secondary N) is 2. The molecule has 0 radical (unpaired) electrons. The SMILES string of the molecule is COc1ccc([N+](=O)[O-])cc1NC(=O)[C@@H](C)N(C)CC(=O)NC(C)(C)C. The van der Waals surface area contributed by atoms with Crippen LogP contribution in [0.4, 0.5) is 11.4 Å². The van der Waals surface area contributed by atoms with Crippen LogP contribution in [-0.2, 0) is 9.59 Å². The molecule has 0 bridgehead atoms. The summed E-state index contributed by atoms with van der Waals surface area (Å²) in [5.41, 5.74) is -0.322. The molecule has 0 aliphatic heterocycles. The number of benzene rings is 1. The lowest BCUT2D eigenvalue weighted by Crippen LogP contribution is -2.49. The second kappa shape index (κ2) is 8.61. The minimum absolute atomic E-state index is 0.0396. The number of carbonyl (C=O) groups excluding carboxylic acids is 2. The smallest absolute Gasteiger partial charge is 0.271 e. The molecular weight excluding hydrogens is 340 g/mol. The Kier molecular flexibility index (Phi) is 7.08. The number of nitro benzene ring substituents is 1. The van der Waals surface area contributed by atoms with Gasteiger partial charge in [-0.3, -0.25) is 24.6 Å². The lowest BCUT2D eigenvalue weighted by Gasteiger charge is -2.26. The Labute approximate surface area is 152 Å². The normalized spacial score (nSPS) is 12.4. The summed E-state index contributed by atoms with van der Waals surface area (Å²) in [7, 11) is 3.06. The van der Waals surface area contributed by atoms with Gasteiger partial charge in [0.1, 0.15) is 5.75 Å². The molecule has 1 aromatic rings. The summed E-state index contributed by atoms with van der Waals surface area (Å²) in [6.07, 6.45) is 0. The van der Waals surface area contributed by atoms with Crippen LogP contribution in [0.25, 0.3) is 0 Å². The van der Waals surface area contributed by atoms with Gasteiger partial charge in [0.05, 0.1) is 30.3 Å². The second-order valence-electron chi connectivity index (χ2n) is 7.02. The highest BCUT2D eigenvalue weighted by Gasteiger charge is 2.23. The summed E-state index contributed by atoms with van der Waals surface area (Å²) in [5, 5.41) is 16.4. The summed E-state index contributed by atoms with van der Waals surface area (Å²) in [5.74, 6) is -0.299. The number of amides is 2. The largest absolute Gasteiger partial charge is 0.495 e. The van der Waals surface area contributed by atoms with E-state index >= 15 is 0 Å². The molecule has 0 heterocycles. The quantitative estimate of drug-likeness (QED) is 0.562. The first-order chi connectivity index (χ1) is 11.9. The van der Waals surface area contributed by atoms with Crippen LogP contribution in [0.5, 0.6) is 5.75 Å². The fraction of sp³-hybridized carbons (Fsp3) is 0.529. The van der Waals surface area contributed by atoms with Crippen molar-refractivity contribution in [2.45, 2.75) is 39.3 Å². The molecule has 0 aliphatic rings. The third-order valence-corrected chi connectivity index (χ3v) is 3.60. The summed E-state index contributed by atoms with van der Waals surface area (Å²) >= 11 is 0. The zero-order chi connectivity index (χ0) is 20.1. The fourth-order valence-electron chi connectivity index (χ4n) is 2.17. The van der Waals surface area contributed by atoms with Crippen molar-refractivity contribution in [1.29, 1.82) is 0 Å². The first-order valence-electron chi connectivity index (χ1n) is 8.09. The maximum Gasteiger partial charge on any atom is 0.271 e. The molecule has 9 nitrogen and oxygen atoms in total. The predicted molar refractivity (Wildman–Crippen MR) is 98.3 cm³/mol. The number of nitrogens with zero attached hydrogens (tertiary/aromatic N) is 2. The highest BCUT2D eigenvalue weighted by atomic mass is 16.6.